The number of fused-ring (bicyclic) bond motifs is 2. The van der Waals surface area contributed by atoms with Crippen LogP contribution in [0.4, 0.5) is 0 Å². The van der Waals surface area contributed by atoms with Crippen molar-refractivity contribution in [1.82, 2.24) is 4.57 Å². The summed E-state index contributed by atoms with van der Waals surface area (Å²) < 4.78 is 19.7. The molecular formula is C22H22N2O4S2. The Kier molecular flexibility index (Phi) is 6.26. The minimum Gasteiger partial charge on any atom is -0.493 e. The number of carbonyl (C=O) groups is 1. The van der Waals surface area contributed by atoms with Gasteiger partial charge in [0.25, 0.3) is 0 Å². The summed E-state index contributed by atoms with van der Waals surface area (Å²) >= 11 is 3.17. The minimum absolute atomic E-state index is 0.188. The van der Waals surface area contributed by atoms with Crippen LogP contribution in [0.25, 0.3) is 21.2 Å². The van der Waals surface area contributed by atoms with Gasteiger partial charge in [0.2, 0.25) is 0 Å². The van der Waals surface area contributed by atoms with Gasteiger partial charge < -0.3 is 18.5 Å². The van der Waals surface area contributed by atoms with Crippen molar-refractivity contribution in [2.24, 2.45) is 4.99 Å². The van der Waals surface area contributed by atoms with Crippen LogP contribution in [0, 0.1) is 0 Å². The maximum Gasteiger partial charge on any atom is 0.315 e. The quantitative estimate of drug-likeness (QED) is 0.299. The van der Waals surface area contributed by atoms with Gasteiger partial charge in [-0.2, -0.15) is 4.99 Å². The molecule has 0 aliphatic carbocycles. The molecule has 0 aliphatic rings. The number of methoxy groups -OCH3 is 1. The molecule has 0 atom stereocenters. The Hall–Kier alpha value is -2.55. The van der Waals surface area contributed by atoms with E-state index in [-0.39, 0.29) is 5.76 Å². The highest BCUT2D eigenvalue weighted by Gasteiger charge is 2.16. The monoisotopic (exact) mass is 442 g/mol. The summed E-state index contributed by atoms with van der Waals surface area (Å²) in [7, 11) is 1.57. The second kappa shape index (κ2) is 9.07. The van der Waals surface area contributed by atoms with Crippen molar-refractivity contribution >= 4 is 50.2 Å². The highest BCUT2D eigenvalue weighted by molar-refractivity contribution is 7.98. The number of ether oxygens (including phenoxy) is 2. The molecule has 1 amide bonds. The van der Waals surface area contributed by atoms with Crippen molar-refractivity contribution in [2.75, 3.05) is 26.6 Å². The molecule has 0 radical (unpaired) electrons. The second-order valence-electron chi connectivity index (χ2n) is 6.47. The van der Waals surface area contributed by atoms with Gasteiger partial charge in [-0.15, -0.1) is 11.8 Å². The molecule has 0 unspecified atom stereocenters. The molecule has 156 valence electrons. The number of thioether (sulfide) groups is 1. The summed E-state index contributed by atoms with van der Waals surface area (Å²) in [6.45, 7) is 3.78. The van der Waals surface area contributed by atoms with Gasteiger partial charge in [-0.25, -0.2) is 0 Å². The molecule has 0 saturated carbocycles. The zero-order valence-electron chi connectivity index (χ0n) is 17.0. The summed E-state index contributed by atoms with van der Waals surface area (Å²) in [6.07, 6.45) is 2.04. The molecular weight excluding hydrogens is 420 g/mol. The van der Waals surface area contributed by atoms with Crippen molar-refractivity contribution in [2.45, 2.75) is 18.4 Å². The first-order valence-corrected chi connectivity index (χ1v) is 11.6. The standard InChI is InChI=1S/C22H22N2O4S2/c1-4-27-11-10-24-16-9-8-15(29-3)13-19(16)30-22(24)23-21(25)18-12-14-6-5-7-17(26-2)20(14)28-18/h5-9,12-13H,4,10-11H2,1-3H3. The number of carbonyl (C=O) groups excluding carboxylic acids is 1. The number of furan rings is 1. The van der Waals surface area contributed by atoms with Crippen molar-refractivity contribution in [1.29, 1.82) is 0 Å². The summed E-state index contributed by atoms with van der Waals surface area (Å²) in [4.78, 5) is 19.1. The van der Waals surface area contributed by atoms with Crippen molar-refractivity contribution in [3.8, 4) is 5.75 Å². The van der Waals surface area contributed by atoms with Crippen LogP contribution in [0.5, 0.6) is 5.75 Å². The average Bonchev–Trinajstić information content (AvgIpc) is 3.35. The average molecular weight is 443 g/mol. The number of hydrogen-bond acceptors (Lipinski definition) is 6. The Balaban J connectivity index is 1.78. The molecule has 0 aliphatic heterocycles. The third kappa shape index (κ3) is 4.03. The second-order valence-corrected chi connectivity index (χ2v) is 8.36. The fraction of sp³-hybridized carbons (Fsp3) is 0.273. The van der Waals surface area contributed by atoms with Gasteiger partial charge in [-0.05, 0) is 43.5 Å². The number of rotatable bonds is 7. The number of thiazole rings is 1. The van der Waals surface area contributed by atoms with Crippen molar-refractivity contribution in [3.05, 3.63) is 53.0 Å². The normalized spacial score (nSPS) is 12.2. The molecule has 2 aromatic carbocycles. The van der Waals surface area contributed by atoms with Gasteiger partial charge in [0, 0.05) is 23.4 Å². The van der Waals surface area contributed by atoms with Crippen LogP contribution in [0.15, 0.2) is 56.8 Å². The highest BCUT2D eigenvalue weighted by Crippen LogP contribution is 2.29. The van der Waals surface area contributed by atoms with E-state index in [2.05, 4.69) is 23.2 Å². The number of hydrogen-bond donors (Lipinski definition) is 0. The molecule has 0 spiro atoms. The van der Waals surface area contributed by atoms with Gasteiger partial charge in [-0.1, -0.05) is 23.5 Å². The number of benzene rings is 2. The molecule has 8 heteroatoms. The molecule has 0 saturated heterocycles. The van der Waals surface area contributed by atoms with E-state index < -0.39 is 5.91 Å². The molecule has 6 nitrogen and oxygen atoms in total. The van der Waals surface area contributed by atoms with Crippen LogP contribution in [0.3, 0.4) is 0 Å². The van der Waals surface area contributed by atoms with E-state index in [0.29, 0.717) is 35.9 Å². The lowest BCUT2D eigenvalue weighted by Gasteiger charge is -2.05. The molecule has 2 heterocycles. The zero-order valence-corrected chi connectivity index (χ0v) is 18.6. The first kappa shape index (κ1) is 20.7. The molecule has 0 bridgehead atoms. The molecule has 2 aromatic heterocycles. The molecule has 30 heavy (non-hydrogen) atoms. The van der Waals surface area contributed by atoms with Crippen molar-refractivity contribution < 1.29 is 18.7 Å². The van der Waals surface area contributed by atoms with Gasteiger partial charge >= 0.3 is 5.91 Å². The predicted octanol–water partition coefficient (Wildman–Crippen LogP) is 4.96. The van der Waals surface area contributed by atoms with Crippen LogP contribution in [0.1, 0.15) is 17.5 Å². The van der Waals surface area contributed by atoms with Gasteiger partial charge in [0.15, 0.2) is 21.9 Å². The van der Waals surface area contributed by atoms with E-state index in [9.17, 15) is 4.79 Å². The van der Waals surface area contributed by atoms with E-state index in [4.69, 9.17) is 13.9 Å². The third-order valence-electron chi connectivity index (χ3n) is 4.69. The van der Waals surface area contributed by atoms with Crippen molar-refractivity contribution in [3.63, 3.8) is 0 Å². The van der Waals surface area contributed by atoms with Crippen LogP contribution in [-0.4, -0.2) is 37.1 Å². The largest absolute Gasteiger partial charge is 0.493 e. The van der Waals surface area contributed by atoms with Crippen LogP contribution < -0.4 is 9.54 Å². The summed E-state index contributed by atoms with van der Waals surface area (Å²) in [5.41, 5.74) is 1.58. The van der Waals surface area contributed by atoms with Gasteiger partial charge in [0.05, 0.1) is 23.9 Å². The Morgan fingerprint density at radius 2 is 2.13 bits per heavy atom. The third-order valence-corrected chi connectivity index (χ3v) is 6.46. The van der Waals surface area contributed by atoms with E-state index in [1.807, 2.05) is 29.9 Å². The summed E-state index contributed by atoms with van der Waals surface area (Å²) in [5.74, 6) is 0.355. The maximum atomic E-state index is 12.9. The van der Waals surface area contributed by atoms with Crippen LogP contribution >= 0.6 is 23.1 Å². The fourth-order valence-corrected chi connectivity index (χ4v) is 4.83. The zero-order chi connectivity index (χ0) is 21.1. The van der Waals surface area contributed by atoms with E-state index in [1.165, 1.54) is 16.2 Å². The van der Waals surface area contributed by atoms with Gasteiger partial charge in [0.1, 0.15) is 0 Å². The Labute approximate surface area is 182 Å². The van der Waals surface area contributed by atoms with E-state index in [1.54, 1.807) is 31.0 Å². The number of nitrogens with zero attached hydrogens (tertiary/aromatic N) is 2. The Bertz CT molecular complexity index is 1270. The molecule has 4 rings (SSSR count). The molecule has 0 fully saturated rings. The number of aromatic nitrogens is 1. The predicted molar refractivity (Wildman–Crippen MR) is 121 cm³/mol. The SMILES string of the molecule is CCOCCn1c(=NC(=O)c2cc3cccc(OC)c3o2)sc2cc(SC)ccc21. The number of para-hydroxylation sites is 1. The van der Waals surface area contributed by atoms with E-state index >= 15 is 0 Å². The van der Waals surface area contributed by atoms with E-state index in [0.717, 1.165) is 15.6 Å². The fourth-order valence-electron chi connectivity index (χ4n) is 3.23. The lowest BCUT2D eigenvalue weighted by atomic mass is 10.2. The molecule has 4 aromatic rings. The smallest absolute Gasteiger partial charge is 0.315 e. The Morgan fingerprint density at radius 3 is 2.90 bits per heavy atom. The topological polar surface area (TPSA) is 66.0 Å². The first-order valence-electron chi connectivity index (χ1n) is 9.55. The summed E-state index contributed by atoms with van der Waals surface area (Å²) in [6, 6.07) is 13.5. The molecule has 0 N–H and O–H groups in total. The maximum absolute atomic E-state index is 12.9. The minimum atomic E-state index is -0.421. The highest BCUT2D eigenvalue weighted by atomic mass is 32.2. The van der Waals surface area contributed by atoms with Crippen LogP contribution in [-0.2, 0) is 11.3 Å². The number of amides is 1. The van der Waals surface area contributed by atoms with Crippen LogP contribution in [0.2, 0.25) is 0 Å². The Morgan fingerprint density at radius 1 is 1.27 bits per heavy atom. The summed E-state index contributed by atoms with van der Waals surface area (Å²) in [5, 5.41) is 0.804. The lowest BCUT2D eigenvalue weighted by molar-refractivity contribution is 0.0972. The lowest BCUT2D eigenvalue weighted by Crippen LogP contribution is -2.19. The first-order chi connectivity index (χ1) is 14.6. The van der Waals surface area contributed by atoms with Gasteiger partial charge in [-0.3, -0.25) is 4.79 Å².